The molecule has 1 aliphatic heterocycles. The van der Waals surface area contributed by atoms with Gasteiger partial charge in [-0.25, -0.2) is 0 Å². The highest BCUT2D eigenvalue weighted by Crippen LogP contribution is 2.17. The van der Waals surface area contributed by atoms with Crippen LogP contribution in [-0.4, -0.2) is 51.0 Å². The molecule has 0 saturated carbocycles. The van der Waals surface area contributed by atoms with Crippen LogP contribution < -0.4 is 9.80 Å². The monoisotopic (exact) mass is 337 g/mol. The van der Waals surface area contributed by atoms with Crippen molar-refractivity contribution in [2.75, 3.05) is 44.7 Å². The molecule has 0 radical (unpaired) electrons. The van der Waals surface area contributed by atoms with Crippen molar-refractivity contribution >= 4 is 11.9 Å². The Morgan fingerprint density at radius 1 is 1.04 bits per heavy atom. The summed E-state index contributed by atoms with van der Waals surface area (Å²) in [6.45, 7) is 8.55. The third-order valence-corrected chi connectivity index (χ3v) is 4.82. The Balaban J connectivity index is 1.60. The summed E-state index contributed by atoms with van der Waals surface area (Å²) >= 11 is 0. The van der Waals surface area contributed by atoms with Gasteiger partial charge in [0.05, 0.1) is 39.4 Å². The molecule has 1 saturated heterocycles. The van der Waals surface area contributed by atoms with Crippen molar-refractivity contribution in [1.82, 2.24) is 5.01 Å². The second kappa shape index (κ2) is 8.67. The summed E-state index contributed by atoms with van der Waals surface area (Å²) in [6.07, 6.45) is 1.98. The Morgan fingerprint density at radius 3 is 2.36 bits per heavy atom. The number of nitrogens with zero attached hydrogens (tertiary/aromatic N) is 3. The van der Waals surface area contributed by atoms with Crippen LogP contribution in [0.15, 0.2) is 59.7 Å². The molecule has 25 heavy (non-hydrogen) atoms. The lowest BCUT2D eigenvalue weighted by molar-refractivity contribution is -0.884. The van der Waals surface area contributed by atoms with Crippen LogP contribution in [0, 0.1) is 0 Å². The summed E-state index contributed by atoms with van der Waals surface area (Å²) in [5.74, 6) is 0. The van der Waals surface area contributed by atoms with E-state index < -0.39 is 0 Å². The van der Waals surface area contributed by atoms with Crippen LogP contribution in [0.5, 0.6) is 0 Å². The lowest BCUT2D eigenvalue weighted by Gasteiger charge is -2.27. The fourth-order valence-electron chi connectivity index (χ4n) is 3.10. The number of benzene rings is 2. The van der Waals surface area contributed by atoms with Crippen molar-refractivity contribution in [1.29, 1.82) is 0 Å². The number of likely N-dealkylation sites (N-methyl/N-ethyl adjacent to an activating group) is 1. The summed E-state index contributed by atoms with van der Waals surface area (Å²) in [7, 11) is 2.24. The smallest absolute Gasteiger partial charge is 0.0964 e. The van der Waals surface area contributed by atoms with E-state index in [2.05, 4.69) is 83.6 Å². The molecule has 0 unspecified atom stereocenters. The number of anilines is 1. The number of quaternary nitrogens is 1. The van der Waals surface area contributed by atoms with Crippen LogP contribution in [-0.2, 0) is 6.54 Å². The van der Waals surface area contributed by atoms with Crippen molar-refractivity contribution in [3.63, 3.8) is 0 Å². The normalized spacial score (nSPS) is 15.7. The number of hydrazone groups is 1. The largest absolute Gasteiger partial charge is 0.367 e. The predicted octanol–water partition coefficient (Wildman–Crippen LogP) is 1.88. The van der Waals surface area contributed by atoms with E-state index in [1.807, 2.05) is 6.21 Å². The fourth-order valence-corrected chi connectivity index (χ4v) is 3.10. The second-order valence-electron chi connectivity index (χ2n) is 6.75. The van der Waals surface area contributed by atoms with E-state index >= 15 is 0 Å². The van der Waals surface area contributed by atoms with Gasteiger partial charge in [-0.15, -0.1) is 0 Å². The molecule has 0 atom stereocenters. The first-order valence-electron chi connectivity index (χ1n) is 9.24. The Bertz CT molecular complexity index is 658. The summed E-state index contributed by atoms with van der Waals surface area (Å²) < 4.78 is 0. The zero-order valence-electron chi connectivity index (χ0n) is 15.4. The minimum absolute atomic E-state index is 0.939. The Kier molecular flexibility index (Phi) is 6.07. The number of nitrogens with one attached hydrogen (secondary N) is 1. The zero-order valence-corrected chi connectivity index (χ0v) is 15.4. The van der Waals surface area contributed by atoms with Crippen LogP contribution in [0.3, 0.4) is 0 Å². The molecule has 1 heterocycles. The van der Waals surface area contributed by atoms with Crippen molar-refractivity contribution in [3.8, 4) is 0 Å². The molecule has 0 amide bonds. The Morgan fingerprint density at radius 2 is 1.72 bits per heavy atom. The summed E-state index contributed by atoms with van der Waals surface area (Å²) in [5, 5.41) is 6.81. The summed E-state index contributed by atoms with van der Waals surface area (Å²) in [6, 6.07) is 19.3. The van der Waals surface area contributed by atoms with E-state index in [1.54, 1.807) is 4.90 Å². The molecule has 0 aliphatic carbocycles. The maximum Gasteiger partial charge on any atom is 0.0964 e. The molecule has 0 spiro atoms. The van der Waals surface area contributed by atoms with Crippen molar-refractivity contribution in [2.24, 2.45) is 5.10 Å². The van der Waals surface area contributed by atoms with Gasteiger partial charge < -0.3 is 9.80 Å². The number of hydrogen-bond acceptors (Lipinski definition) is 3. The van der Waals surface area contributed by atoms with E-state index in [-0.39, 0.29) is 0 Å². The minimum Gasteiger partial charge on any atom is -0.367 e. The topological polar surface area (TPSA) is 23.3 Å². The van der Waals surface area contributed by atoms with Crippen LogP contribution in [0.25, 0.3) is 0 Å². The SMILES string of the molecule is CCN(Cc1ccccc1)c1ccc(/C=N\N2CC[NH+](C)CC2)cc1. The first-order valence-corrected chi connectivity index (χ1v) is 9.24. The fraction of sp³-hybridized carbons (Fsp3) is 0.381. The average Bonchev–Trinajstić information content (AvgIpc) is 2.67. The lowest BCUT2D eigenvalue weighted by atomic mass is 10.1. The molecule has 1 aliphatic rings. The highest BCUT2D eigenvalue weighted by atomic mass is 15.5. The molecule has 2 aromatic rings. The predicted molar refractivity (Wildman–Crippen MR) is 105 cm³/mol. The van der Waals surface area contributed by atoms with Gasteiger partial charge in [0, 0.05) is 18.8 Å². The van der Waals surface area contributed by atoms with E-state index in [0.29, 0.717) is 0 Å². The molecule has 4 nitrogen and oxygen atoms in total. The first kappa shape index (κ1) is 17.5. The van der Waals surface area contributed by atoms with Gasteiger partial charge in [-0.1, -0.05) is 42.5 Å². The molecular formula is C21H29N4+. The van der Waals surface area contributed by atoms with Crippen molar-refractivity contribution < 1.29 is 4.90 Å². The number of piperazine rings is 1. The quantitative estimate of drug-likeness (QED) is 0.814. The molecular weight excluding hydrogens is 308 g/mol. The maximum absolute atomic E-state index is 4.63. The summed E-state index contributed by atoms with van der Waals surface area (Å²) in [4.78, 5) is 3.98. The molecule has 4 heteroatoms. The van der Waals surface area contributed by atoms with E-state index in [0.717, 1.165) is 31.7 Å². The van der Waals surface area contributed by atoms with Crippen LogP contribution in [0.4, 0.5) is 5.69 Å². The third kappa shape index (κ3) is 5.07. The standard InChI is InChI=1S/C21H28N4/c1-3-24(18-20-7-5-4-6-8-20)21-11-9-19(10-12-21)17-22-25-15-13-23(2)14-16-25/h4-12,17H,3,13-16,18H2,1-2H3/p+1/b22-17-. The van der Waals surface area contributed by atoms with Gasteiger partial charge in [0.25, 0.3) is 0 Å². The van der Waals surface area contributed by atoms with E-state index in [9.17, 15) is 0 Å². The van der Waals surface area contributed by atoms with Crippen molar-refractivity contribution in [3.05, 3.63) is 65.7 Å². The van der Waals surface area contributed by atoms with Gasteiger partial charge in [-0.05, 0) is 30.2 Å². The molecule has 0 aromatic heterocycles. The van der Waals surface area contributed by atoms with Crippen LogP contribution >= 0.6 is 0 Å². The van der Waals surface area contributed by atoms with Gasteiger partial charge >= 0.3 is 0 Å². The van der Waals surface area contributed by atoms with Gasteiger partial charge in [0.2, 0.25) is 0 Å². The highest BCUT2D eigenvalue weighted by molar-refractivity contribution is 5.80. The minimum atomic E-state index is 0.939. The van der Waals surface area contributed by atoms with Gasteiger partial charge in [0.1, 0.15) is 0 Å². The van der Waals surface area contributed by atoms with Crippen LogP contribution in [0.2, 0.25) is 0 Å². The zero-order chi connectivity index (χ0) is 17.5. The van der Waals surface area contributed by atoms with Crippen molar-refractivity contribution in [2.45, 2.75) is 13.5 Å². The molecule has 0 bridgehead atoms. The number of hydrogen-bond donors (Lipinski definition) is 1. The molecule has 2 aromatic carbocycles. The Labute approximate surface area is 151 Å². The Hall–Kier alpha value is -2.33. The lowest BCUT2D eigenvalue weighted by Crippen LogP contribution is -3.11. The molecule has 132 valence electrons. The molecule has 1 N–H and O–H groups in total. The molecule has 3 rings (SSSR count). The van der Waals surface area contributed by atoms with Gasteiger partial charge in [0.15, 0.2) is 0 Å². The molecule has 1 fully saturated rings. The van der Waals surface area contributed by atoms with E-state index in [1.165, 1.54) is 24.3 Å². The number of rotatable bonds is 6. The van der Waals surface area contributed by atoms with Gasteiger partial charge in [-0.3, -0.25) is 5.01 Å². The second-order valence-corrected chi connectivity index (χ2v) is 6.75. The van der Waals surface area contributed by atoms with Crippen LogP contribution in [0.1, 0.15) is 18.1 Å². The highest BCUT2D eigenvalue weighted by Gasteiger charge is 2.13. The third-order valence-electron chi connectivity index (χ3n) is 4.82. The van der Waals surface area contributed by atoms with E-state index in [4.69, 9.17) is 0 Å². The van der Waals surface area contributed by atoms with Gasteiger partial charge in [-0.2, -0.15) is 5.10 Å². The average molecular weight is 337 g/mol. The first-order chi connectivity index (χ1) is 12.2. The maximum atomic E-state index is 4.63. The summed E-state index contributed by atoms with van der Waals surface area (Å²) in [5.41, 5.74) is 3.75.